The summed E-state index contributed by atoms with van der Waals surface area (Å²) in [4.78, 5) is 42.2. The molecular weight excluding hydrogens is 449 g/mol. The fraction of sp³-hybridized carbons (Fsp3) is 0.375. The van der Waals surface area contributed by atoms with Gasteiger partial charge in [-0.05, 0) is 42.3 Å². The third-order valence-electron chi connectivity index (χ3n) is 6.14. The Morgan fingerprint density at radius 3 is 2.35 bits per heavy atom. The number of nitrogens with zero attached hydrogens (tertiary/aromatic N) is 3. The molecule has 2 aliphatic heterocycles. The maximum absolute atomic E-state index is 13.1. The highest BCUT2D eigenvalue weighted by Crippen LogP contribution is 2.34. The number of nitrogens with one attached hydrogen (secondary N) is 1. The smallest absolute Gasteiger partial charge is 0.336 e. The van der Waals surface area contributed by atoms with E-state index in [-0.39, 0.29) is 24.0 Å². The molecule has 2 heterocycles. The van der Waals surface area contributed by atoms with E-state index in [2.05, 4.69) is 5.32 Å². The summed E-state index contributed by atoms with van der Waals surface area (Å²) in [6, 6.07) is 10.2. The number of para-hydroxylation sites is 1. The number of carbonyl (C=O) groups is 3. The van der Waals surface area contributed by atoms with E-state index >= 15 is 0 Å². The Morgan fingerprint density at radius 1 is 0.971 bits per heavy atom. The quantitative estimate of drug-likeness (QED) is 0.740. The van der Waals surface area contributed by atoms with Crippen molar-refractivity contribution in [1.29, 1.82) is 0 Å². The van der Waals surface area contributed by atoms with Gasteiger partial charge in [-0.2, -0.15) is 13.2 Å². The molecule has 2 aliphatic rings. The topological polar surface area (TPSA) is 73.0 Å². The zero-order valence-corrected chi connectivity index (χ0v) is 18.7. The summed E-state index contributed by atoms with van der Waals surface area (Å²) in [5.74, 6) is -0.683. The van der Waals surface area contributed by atoms with E-state index < -0.39 is 17.6 Å². The number of carbonyl (C=O) groups excluding carboxylic acids is 3. The number of hydrogen-bond donors (Lipinski definition) is 1. The molecule has 0 saturated carbocycles. The Balaban J connectivity index is 1.31. The van der Waals surface area contributed by atoms with Crippen molar-refractivity contribution in [2.24, 2.45) is 0 Å². The summed E-state index contributed by atoms with van der Waals surface area (Å²) in [6.45, 7) is 3.74. The predicted octanol–water partition coefficient (Wildman–Crippen LogP) is 3.01. The lowest BCUT2D eigenvalue weighted by Gasteiger charge is -2.34. The molecule has 34 heavy (non-hydrogen) atoms. The predicted molar refractivity (Wildman–Crippen MR) is 121 cm³/mol. The molecule has 0 atom stereocenters. The van der Waals surface area contributed by atoms with Crippen molar-refractivity contribution in [3.63, 3.8) is 0 Å². The number of piperazine rings is 1. The lowest BCUT2D eigenvalue weighted by Crippen LogP contribution is -2.50. The second kappa shape index (κ2) is 9.46. The number of amides is 3. The lowest BCUT2D eigenvalue weighted by molar-refractivity contribution is -0.137. The maximum atomic E-state index is 13.1. The summed E-state index contributed by atoms with van der Waals surface area (Å²) in [7, 11) is 0. The van der Waals surface area contributed by atoms with Gasteiger partial charge in [0, 0.05) is 50.9 Å². The number of fused-ring (bicyclic) bond motifs is 1. The average Bonchev–Trinajstić information content (AvgIpc) is 3.22. The zero-order valence-electron chi connectivity index (χ0n) is 18.7. The van der Waals surface area contributed by atoms with Gasteiger partial charge in [0.15, 0.2) is 0 Å². The van der Waals surface area contributed by atoms with Gasteiger partial charge >= 0.3 is 6.18 Å². The summed E-state index contributed by atoms with van der Waals surface area (Å²) in [5.41, 5.74) is 1.20. The van der Waals surface area contributed by atoms with Crippen molar-refractivity contribution < 1.29 is 27.6 Å². The Bertz CT molecular complexity index is 1110. The average molecular weight is 474 g/mol. The van der Waals surface area contributed by atoms with Crippen LogP contribution >= 0.6 is 0 Å². The molecule has 0 unspecified atom stereocenters. The molecule has 2 aromatic rings. The van der Waals surface area contributed by atoms with E-state index in [1.165, 1.54) is 25.1 Å². The van der Waals surface area contributed by atoms with E-state index in [1.807, 2.05) is 11.0 Å². The van der Waals surface area contributed by atoms with Crippen LogP contribution in [0.15, 0.2) is 42.5 Å². The summed E-state index contributed by atoms with van der Waals surface area (Å²) >= 11 is 0. The van der Waals surface area contributed by atoms with Crippen molar-refractivity contribution in [3.05, 3.63) is 59.2 Å². The van der Waals surface area contributed by atoms with E-state index in [4.69, 9.17) is 0 Å². The van der Waals surface area contributed by atoms with Gasteiger partial charge in [0.1, 0.15) is 0 Å². The van der Waals surface area contributed by atoms with Crippen LogP contribution in [0.4, 0.5) is 24.5 Å². The Morgan fingerprint density at radius 2 is 1.68 bits per heavy atom. The molecule has 1 saturated heterocycles. The minimum absolute atomic E-state index is 0.0279. The summed E-state index contributed by atoms with van der Waals surface area (Å²) in [6.07, 6.45) is -3.85. The second-order valence-corrected chi connectivity index (χ2v) is 8.42. The molecule has 0 bridgehead atoms. The van der Waals surface area contributed by atoms with Gasteiger partial charge in [0.05, 0.1) is 17.8 Å². The minimum Gasteiger partial charge on any atom is -0.336 e. The van der Waals surface area contributed by atoms with E-state index in [9.17, 15) is 27.6 Å². The number of hydrogen-bond acceptors (Lipinski definition) is 4. The number of rotatable bonds is 4. The molecule has 0 radical (unpaired) electrons. The molecular formula is C24H25F3N4O3. The molecule has 180 valence electrons. The second-order valence-electron chi connectivity index (χ2n) is 8.42. The molecule has 4 rings (SSSR count). The first kappa shape index (κ1) is 23.7. The normalized spacial score (nSPS) is 16.4. The largest absolute Gasteiger partial charge is 0.418 e. The molecule has 0 spiro atoms. The van der Waals surface area contributed by atoms with Crippen LogP contribution < -0.4 is 10.2 Å². The van der Waals surface area contributed by atoms with Gasteiger partial charge in [-0.25, -0.2) is 0 Å². The van der Waals surface area contributed by atoms with E-state index in [0.29, 0.717) is 44.7 Å². The van der Waals surface area contributed by atoms with Crippen molar-refractivity contribution in [2.45, 2.75) is 19.5 Å². The highest BCUT2D eigenvalue weighted by molar-refractivity contribution is 5.98. The molecule has 1 N–H and O–H groups in total. The van der Waals surface area contributed by atoms with Crippen molar-refractivity contribution in [2.75, 3.05) is 49.5 Å². The molecule has 3 amide bonds. The Kier molecular flexibility index (Phi) is 6.60. The van der Waals surface area contributed by atoms with Crippen LogP contribution in [0.2, 0.25) is 0 Å². The van der Waals surface area contributed by atoms with Crippen molar-refractivity contribution in [3.8, 4) is 0 Å². The summed E-state index contributed by atoms with van der Waals surface area (Å²) < 4.78 is 39.4. The molecule has 7 nitrogen and oxygen atoms in total. The van der Waals surface area contributed by atoms with Gasteiger partial charge in [-0.1, -0.05) is 12.1 Å². The molecule has 0 aliphatic carbocycles. The number of alkyl halides is 3. The van der Waals surface area contributed by atoms with Crippen LogP contribution in [0.1, 0.15) is 28.4 Å². The number of halogens is 3. The summed E-state index contributed by atoms with van der Waals surface area (Å²) in [5, 5.41) is 2.35. The zero-order chi connectivity index (χ0) is 24.5. The van der Waals surface area contributed by atoms with Crippen molar-refractivity contribution in [1.82, 2.24) is 9.80 Å². The van der Waals surface area contributed by atoms with Gasteiger partial charge in [-0.3, -0.25) is 19.3 Å². The first-order valence-electron chi connectivity index (χ1n) is 11.0. The van der Waals surface area contributed by atoms with Crippen LogP contribution in [0, 0.1) is 0 Å². The highest BCUT2D eigenvalue weighted by atomic mass is 19.4. The maximum Gasteiger partial charge on any atom is 0.418 e. The third-order valence-corrected chi connectivity index (χ3v) is 6.14. The number of anilines is 2. The monoisotopic (exact) mass is 474 g/mol. The number of benzene rings is 2. The van der Waals surface area contributed by atoms with Gasteiger partial charge < -0.3 is 15.1 Å². The lowest BCUT2D eigenvalue weighted by atomic mass is 10.1. The Labute approximate surface area is 195 Å². The van der Waals surface area contributed by atoms with E-state index in [0.717, 1.165) is 17.3 Å². The minimum atomic E-state index is -4.56. The van der Waals surface area contributed by atoms with Gasteiger partial charge in [0.25, 0.3) is 5.91 Å². The highest BCUT2D eigenvalue weighted by Gasteiger charge is 2.34. The van der Waals surface area contributed by atoms with E-state index in [1.54, 1.807) is 21.9 Å². The molecule has 2 aromatic carbocycles. The van der Waals surface area contributed by atoms with Crippen LogP contribution in [0.3, 0.4) is 0 Å². The fourth-order valence-corrected chi connectivity index (χ4v) is 4.39. The fourth-order valence-electron chi connectivity index (χ4n) is 4.39. The van der Waals surface area contributed by atoms with Crippen LogP contribution in [-0.4, -0.2) is 66.8 Å². The first-order chi connectivity index (χ1) is 16.1. The first-order valence-corrected chi connectivity index (χ1v) is 11.0. The van der Waals surface area contributed by atoms with Crippen LogP contribution in [-0.2, 0) is 22.2 Å². The third kappa shape index (κ3) is 5.06. The van der Waals surface area contributed by atoms with Crippen LogP contribution in [0.5, 0.6) is 0 Å². The van der Waals surface area contributed by atoms with Crippen LogP contribution in [0.25, 0.3) is 0 Å². The van der Waals surface area contributed by atoms with Gasteiger partial charge in [-0.15, -0.1) is 0 Å². The SMILES string of the molecule is CC(=O)N1CCc2cc(C(=O)N3CCN(CC(=O)Nc4ccccc4C(F)(F)F)CC3)ccc21. The molecule has 10 heteroatoms. The Hall–Kier alpha value is -3.40. The standard InChI is InChI=1S/C24H25F3N4O3/c1-16(32)31-9-8-17-14-18(6-7-21(17)31)23(34)30-12-10-29(11-13-30)15-22(33)28-20-5-3-2-4-19(20)24(25,26)27/h2-7,14H,8-13,15H2,1H3,(H,28,33). The van der Waals surface area contributed by atoms with Crippen molar-refractivity contribution >= 4 is 29.1 Å². The molecule has 1 fully saturated rings. The molecule has 0 aromatic heterocycles. The van der Waals surface area contributed by atoms with Gasteiger partial charge in [0.2, 0.25) is 11.8 Å².